The summed E-state index contributed by atoms with van der Waals surface area (Å²) < 4.78 is 5.77. The van der Waals surface area contributed by atoms with Crippen LogP contribution >= 0.6 is 0 Å². The van der Waals surface area contributed by atoms with Crippen molar-refractivity contribution < 1.29 is 9.52 Å². The van der Waals surface area contributed by atoms with Crippen LogP contribution in [0.4, 0.5) is 0 Å². The highest BCUT2D eigenvalue weighted by atomic mass is 16.3. The largest absolute Gasteiger partial charge is 0.464 e. The second-order valence-electron chi connectivity index (χ2n) is 4.73. The minimum Gasteiger partial charge on any atom is -0.464 e. The molecule has 3 nitrogen and oxygen atoms in total. The van der Waals surface area contributed by atoms with E-state index in [4.69, 9.17) is 9.52 Å². The predicted molar refractivity (Wildman–Crippen MR) is 63.3 cm³/mol. The number of aliphatic hydroxyl groups excluding tert-OH is 1. The summed E-state index contributed by atoms with van der Waals surface area (Å²) in [6, 6.07) is 4.18. The quantitative estimate of drug-likeness (QED) is 0.697. The molecule has 0 radical (unpaired) electrons. The number of rotatable bonds is 7. The minimum absolute atomic E-state index is 0.284. The first-order chi connectivity index (χ1) is 7.81. The van der Waals surface area contributed by atoms with Gasteiger partial charge in [-0.2, -0.15) is 0 Å². The molecule has 0 bridgehead atoms. The Kier molecular flexibility index (Phi) is 4.02. The molecule has 1 fully saturated rings. The maximum atomic E-state index is 8.63. The lowest BCUT2D eigenvalue weighted by molar-refractivity contribution is 0.283. The van der Waals surface area contributed by atoms with E-state index in [1.165, 1.54) is 6.42 Å². The number of aliphatic hydroxyl groups is 1. The molecule has 2 unspecified atom stereocenters. The fourth-order valence-corrected chi connectivity index (χ4v) is 1.98. The molecule has 1 aromatic heterocycles. The van der Waals surface area contributed by atoms with Crippen molar-refractivity contribution >= 4 is 0 Å². The van der Waals surface area contributed by atoms with Gasteiger partial charge in [-0.15, -0.1) is 0 Å². The van der Waals surface area contributed by atoms with Crippen LogP contribution in [0.5, 0.6) is 0 Å². The molecule has 0 spiro atoms. The van der Waals surface area contributed by atoms with Crippen molar-refractivity contribution in [2.75, 3.05) is 13.2 Å². The molecule has 2 atom stereocenters. The molecule has 2 rings (SSSR count). The van der Waals surface area contributed by atoms with Crippen molar-refractivity contribution in [3.05, 3.63) is 23.7 Å². The van der Waals surface area contributed by atoms with E-state index in [1.807, 2.05) is 0 Å². The second kappa shape index (κ2) is 5.51. The van der Waals surface area contributed by atoms with E-state index in [-0.39, 0.29) is 6.61 Å². The van der Waals surface area contributed by atoms with Crippen LogP contribution in [0.3, 0.4) is 0 Å². The van der Waals surface area contributed by atoms with Gasteiger partial charge in [-0.3, -0.25) is 0 Å². The zero-order valence-corrected chi connectivity index (χ0v) is 9.91. The van der Waals surface area contributed by atoms with Crippen molar-refractivity contribution in [3.8, 4) is 0 Å². The molecular weight excluding hydrogens is 202 g/mol. The monoisotopic (exact) mass is 223 g/mol. The van der Waals surface area contributed by atoms with Gasteiger partial charge in [0, 0.05) is 12.5 Å². The lowest BCUT2D eigenvalue weighted by Gasteiger charge is -2.01. The highest BCUT2D eigenvalue weighted by Crippen LogP contribution is 2.47. The lowest BCUT2D eigenvalue weighted by Crippen LogP contribution is -2.14. The fourth-order valence-electron chi connectivity index (χ4n) is 1.98. The van der Waals surface area contributed by atoms with Gasteiger partial charge in [-0.1, -0.05) is 6.92 Å². The molecule has 3 heteroatoms. The molecule has 0 amide bonds. The van der Waals surface area contributed by atoms with Crippen LogP contribution in [-0.2, 0) is 6.54 Å². The van der Waals surface area contributed by atoms with E-state index in [9.17, 15) is 0 Å². The third-order valence-electron chi connectivity index (χ3n) is 3.22. The average molecular weight is 223 g/mol. The Hall–Kier alpha value is -0.800. The van der Waals surface area contributed by atoms with Gasteiger partial charge in [0.25, 0.3) is 0 Å². The summed E-state index contributed by atoms with van der Waals surface area (Å²) >= 11 is 0. The van der Waals surface area contributed by atoms with Gasteiger partial charge >= 0.3 is 0 Å². The smallest absolute Gasteiger partial charge is 0.117 e. The molecule has 0 aliphatic heterocycles. The van der Waals surface area contributed by atoms with Crippen LogP contribution in [0.1, 0.15) is 43.6 Å². The van der Waals surface area contributed by atoms with E-state index >= 15 is 0 Å². The predicted octanol–water partition coefficient (Wildman–Crippen LogP) is 2.27. The minimum atomic E-state index is 0.284. The molecule has 1 heterocycles. The summed E-state index contributed by atoms with van der Waals surface area (Å²) in [5, 5.41) is 11.9. The van der Waals surface area contributed by atoms with Crippen molar-refractivity contribution in [1.82, 2.24) is 5.32 Å². The zero-order chi connectivity index (χ0) is 11.4. The fraction of sp³-hybridized carbons (Fsp3) is 0.692. The van der Waals surface area contributed by atoms with Crippen molar-refractivity contribution in [2.24, 2.45) is 5.92 Å². The van der Waals surface area contributed by atoms with E-state index in [0.717, 1.165) is 43.4 Å². The summed E-state index contributed by atoms with van der Waals surface area (Å²) in [5.41, 5.74) is 0. The van der Waals surface area contributed by atoms with Crippen LogP contribution < -0.4 is 5.32 Å². The molecule has 2 N–H and O–H groups in total. The van der Waals surface area contributed by atoms with Gasteiger partial charge < -0.3 is 14.8 Å². The second-order valence-corrected chi connectivity index (χ2v) is 4.73. The Balaban J connectivity index is 1.67. The first-order valence-electron chi connectivity index (χ1n) is 6.21. The topological polar surface area (TPSA) is 45.4 Å². The maximum Gasteiger partial charge on any atom is 0.117 e. The Labute approximate surface area is 96.8 Å². The Morgan fingerprint density at radius 3 is 2.94 bits per heavy atom. The highest BCUT2D eigenvalue weighted by Gasteiger charge is 2.36. The molecular formula is C13H21NO2. The van der Waals surface area contributed by atoms with Crippen molar-refractivity contribution in [1.29, 1.82) is 0 Å². The van der Waals surface area contributed by atoms with E-state index < -0.39 is 0 Å². The molecule has 1 saturated carbocycles. The van der Waals surface area contributed by atoms with Gasteiger partial charge in [-0.05, 0) is 43.9 Å². The first-order valence-corrected chi connectivity index (χ1v) is 6.21. The Morgan fingerprint density at radius 1 is 1.44 bits per heavy atom. The molecule has 1 aromatic rings. The summed E-state index contributed by atoms with van der Waals surface area (Å²) in [7, 11) is 0. The van der Waals surface area contributed by atoms with E-state index in [0.29, 0.717) is 5.92 Å². The van der Waals surface area contributed by atoms with Crippen molar-refractivity contribution in [2.45, 2.75) is 38.6 Å². The number of unbranched alkanes of at least 4 members (excludes halogenated alkanes) is 1. The SMILES string of the molecule is CC1CC1c1ccc(CNCCCCO)o1. The van der Waals surface area contributed by atoms with Gasteiger partial charge in [-0.25, -0.2) is 0 Å². The number of hydrogen-bond acceptors (Lipinski definition) is 3. The Bertz CT molecular complexity index is 321. The Morgan fingerprint density at radius 2 is 2.25 bits per heavy atom. The zero-order valence-electron chi connectivity index (χ0n) is 9.91. The summed E-state index contributed by atoms with van der Waals surface area (Å²) in [4.78, 5) is 0. The summed E-state index contributed by atoms with van der Waals surface area (Å²) in [6.45, 7) is 4.29. The first kappa shape index (κ1) is 11.7. The number of hydrogen-bond donors (Lipinski definition) is 2. The van der Waals surface area contributed by atoms with Gasteiger partial charge in [0.1, 0.15) is 11.5 Å². The van der Waals surface area contributed by atoms with Crippen LogP contribution in [0.2, 0.25) is 0 Å². The number of furan rings is 1. The average Bonchev–Trinajstić information content (AvgIpc) is 2.83. The summed E-state index contributed by atoms with van der Waals surface area (Å²) in [6.07, 6.45) is 3.16. The molecule has 0 saturated heterocycles. The van der Waals surface area contributed by atoms with Gasteiger partial charge in [0.05, 0.1) is 6.54 Å². The molecule has 16 heavy (non-hydrogen) atoms. The van der Waals surface area contributed by atoms with E-state index in [2.05, 4.69) is 24.4 Å². The van der Waals surface area contributed by atoms with Crippen LogP contribution in [-0.4, -0.2) is 18.3 Å². The normalized spacial score (nSPS) is 23.6. The van der Waals surface area contributed by atoms with Crippen LogP contribution in [0, 0.1) is 5.92 Å². The third kappa shape index (κ3) is 3.09. The van der Waals surface area contributed by atoms with Crippen molar-refractivity contribution in [3.63, 3.8) is 0 Å². The van der Waals surface area contributed by atoms with Gasteiger partial charge in [0.2, 0.25) is 0 Å². The van der Waals surface area contributed by atoms with Crippen LogP contribution in [0.25, 0.3) is 0 Å². The third-order valence-corrected chi connectivity index (χ3v) is 3.22. The van der Waals surface area contributed by atoms with E-state index in [1.54, 1.807) is 0 Å². The highest BCUT2D eigenvalue weighted by molar-refractivity contribution is 5.17. The summed E-state index contributed by atoms with van der Waals surface area (Å²) in [5.74, 6) is 3.65. The van der Waals surface area contributed by atoms with Gasteiger partial charge in [0.15, 0.2) is 0 Å². The standard InChI is InChI=1S/C13H21NO2/c1-10-8-12(10)13-5-4-11(16-13)9-14-6-2-3-7-15/h4-5,10,12,14-15H,2-3,6-9H2,1H3. The molecule has 1 aliphatic rings. The molecule has 90 valence electrons. The number of nitrogens with one attached hydrogen (secondary N) is 1. The lowest BCUT2D eigenvalue weighted by atomic mass is 10.3. The molecule has 1 aliphatic carbocycles. The van der Waals surface area contributed by atoms with Crippen LogP contribution in [0.15, 0.2) is 16.5 Å². The molecule has 0 aromatic carbocycles. The maximum absolute atomic E-state index is 8.63.